The molecule has 0 fully saturated rings. The van der Waals surface area contributed by atoms with Gasteiger partial charge in [0.2, 0.25) is 0 Å². The maximum absolute atomic E-state index is 8.56. The fourth-order valence-corrected chi connectivity index (χ4v) is 0.736. The Hall–Kier alpha value is -1.29. The maximum atomic E-state index is 8.56. The van der Waals surface area contributed by atoms with E-state index >= 15 is 0 Å². The van der Waals surface area contributed by atoms with Gasteiger partial charge in [0.15, 0.2) is 0 Å². The Morgan fingerprint density at radius 2 is 1.77 bits per heavy atom. The number of hydrogen-bond acceptors (Lipinski definition) is 1. The lowest BCUT2D eigenvalue weighted by molar-refractivity contribution is 1.44. The van der Waals surface area contributed by atoms with Crippen molar-refractivity contribution in [2.24, 2.45) is 0 Å². The minimum Gasteiger partial charge on any atom is -0.192 e. The van der Waals surface area contributed by atoms with Gasteiger partial charge in [-0.25, -0.2) is 0 Å². The largest absolute Gasteiger partial charge is 0.192 e. The average molecular weight is 177 g/mol. The van der Waals surface area contributed by atoms with Crippen LogP contribution in [0.25, 0.3) is 0 Å². The van der Waals surface area contributed by atoms with Gasteiger partial charge in [0.25, 0.3) is 0 Å². The smallest absolute Gasteiger partial charge is 0.0988 e. The van der Waals surface area contributed by atoms with Crippen LogP contribution in [0.15, 0.2) is 35.5 Å². The number of allylic oxidation sites excluding steroid dienone is 6. The highest BCUT2D eigenvalue weighted by Gasteiger charge is 1.86. The molecule has 0 spiro atoms. The fraction of sp³-hybridized carbons (Fsp3) is 0.417. The molecule has 0 rings (SSSR count). The van der Waals surface area contributed by atoms with E-state index in [2.05, 4.69) is 6.07 Å². The Bertz CT molecular complexity index is 236. The minimum absolute atomic E-state index is 0.709. The Balaban J connectivity index is 0. The van der Waals surface area contributed by atoms with E-state index < -0.39 is 0 Å². The zero-order valence-electron chi connectivity index (χ0n) is 9.26. The second-order valence-corrected chi connectivity index (χ2v) is 2.24. The summed E-state index contributed by atoms with van der Waals surface area (Å²) in [5, 5.41) is 8.56. The Labute approximate surface area is 82.1 Å². The van der Waals surface area contributed by atoms with E-state index in [-0.39, 0.29) is 0 Å². The average Bonchev–Trinajstić information content (AvgIpc) is 2.18. The summed E-state index contributed by atoms with van der Waals surface area (Å²) in [6.45, 7) is 9.79. The SMILES string of the molecule is C/C=C/C(C)=C\C(C#N)=C/C.CC. The van der Waals surface area contributed by atoms with Gasteiger partial charge in [-0.2, -0.15) is 5.26 Å². The van der Waals surface area contributed by atoms with Crippen LogP contribution in [0.3, 0.4) is 0 Å². The lowest BCUT2D eigenvalue weighted by Gasteiger charge is -1.89. The molecule has 0 N–H and O–H groups in total. The third-order valence-electron chi connectivity index (χ3n) is 1.25. The van der Waals surface area contributed by atoms with Crippen LogP contribution in [0, 0.1) is 11.3 Å². The van der Waals surface area contributed by atoms with E-state index in [4.69, 9.17) is 5.26 Å². The van der Waals surface area contributed by atoms with Crippen molar-refractivity contribution in [2.45, 2.75) is 34.6 Å². The van der Waals surface area contributed by atoms with E-state index in [0.29, 0.717) is 5.57 Å². The molecule has 0 aromatic rings. The lowest BCUT2D eigenvalue weighted by Crippen LogP contribution is -1.73. The van der Waals surface area contributed by atoms with Crippen LogP contribution >= 0.6 is 0 Å². The van der Waals surface area contributed by atoms with E-state index in [1.807, 2.05) is 52.8 Å². The molecule has 0 atom stereocenters. The number of nitrogens with zero attached hydrogens (tertiary/aromatic N) is 1. The molecule has 0 aromatic heterocycles. The normalized spacial score (nSPS) is 12.0. The fourth-order valence-electron chi connectivity index (χ4n) is 0.736. The first-order chi connectivity index (χ1) is 6.24. The van der Waals surface area contributed by atoms with Crippen molar-refractivity contribution in [3.63, 3.8) is 0 Å². The Morgan fingerprint density at radius 1 is 1.23 bits per heavy atom. The standard InChI is InChI=1S/C10H13N.C2H6/c1-4-6-9(3)7-10(5-2)8-11;1-2/h4-7H,1-3H3;1-2H3/b6-4+,9-7-,10-5+;. The van der Waals surface area contributed by atoms with E-state index in [1.54, 1.807) is 6.08 Å². The predicted octanol–water partition coefficient (Wildman–Crippen LogP) is 4.00. The summed E-state index contributed by atoms with van der Waals surface area (Å²) in [6, 6.07) is 2.09. The molecular weight excluding hydrogens is 158 g/mol. The van der Waals surface area contributed by atoms with Gasteiger partial charge in [-0.3, -0.25) is 0 Å². The van der Waals surface area contributed by atoms with Crippen molar-refractivity contribution in [2.75, 3.05) is 0 Å². The first-order valence-electron chi connectivity index (χ1n) is 4.62. The third kappa shape index (κ3) is 8.62. The summed E-state index contributed by atoms with van der Waals surface area (Å²) < 4.78 is 0. The van der Waals surface area contributed by atoms with Crippen molar-refractivity contribution >= 4 is 0 Å². The van der Waals surface area contributed by atoms with Gasteiger partial charge in [0.05, 0.1) is 6.07 Å². The van der Waals surface area contributed by atoms with Crippen LogP contribution in [0.2, 0.25) is 0 Å². The van der Waals surface area contributed by atoms with Crippen molar-refractivity contribution in [1.29, 1.82) is 5.26 Å². The summed E-state index contributed by atoms with van der Waals surface area (Å²) in [7, 11) is 0. The highest BCUT2D eigenvalue weighted by Crippen LogP contribution is 2.02. The molecule has 0 saturated heterocycles. The molecule has 0 saturated carbocycles. The van der Waals surface area contributed by atoms with Gasteiger partial charge in [-0.1, -0.05) is 37.6 Å². The first kappa shape index (κ1) is 14.2. The van der Waals surface area contributed by atoms with Crippen LogP contribution < -0.4 is 0 Å². The van der Waals surface area contributed by atoms with Crippen molar-refractivity contribution in [1.82, 2.24) is 0 Å². The highest BCUT2D eigenvalue weighted by molar-refractivity contribution is 5.37. The first-order valence-corrected chi connectivity index (χ1v) is 4.62. The second kappa shape index (κ2) is 10.7. The van der Waals surface area contributed by atoms with Crippen LogP contribution in [-0.4, -0.2) is 0 Å². The van der Waals surface area contributed by atoms with Gasteiger partial charge in [0.1, 0.15) is 0 Å². The molecule has 0 bridgehead atoms. The monoisotopic (exact) mass is 177 g/mol. The van der Waals surface area contributed by atoms with Crippen LogP contribution in [-0.2, 0) is 0 Å². The van der Waals surface area contributed by atoms with E-state index in [9.17, 15) is 0 Å². The summed E-state index contributed by atoms with van der Waals surface area (Å²) in [5.41, 5.74) is 1.81. The molecule has 0 heterocycles. The van der Waals surface area contributed by atoms with Gasteiger partial charge in [0, 0.05) is 5.57 Å². The van der Waals surface area contributed by atoms with Gasteiger partial charge >= 0.3 is 0 Å². The number of nitriles is 1. The number of rotatable bonds is 2. The molecule has 0 aliphatic carbocycles. The zero-order chi connectivity index (χ0) is 10.7. The molecular formula is C12H19N. The molecule has 1 heteroatoms. The van der Waals surface area contributed by atoms with Gasteiger partial charge in [-0.05, 0) is 26.8 Å². The predicted molar refractivity (Wildman–Crippen MR) is 59.3 cm³/mol. The molecule has 0 unspecified atom stereocenters. The van der Waals surface area contributed by atoms with E-state index in [0.717, 1.165) is 5.57 Å². The molecule has 0 aliphatic heterocycles. The quantitative estimate of drug-likeness (QED) is 0.462. The maximum Gasteiger partial charge on any atom is 0.0988 e. The Kier molecular flexibility index (Phi) is 11.7. The topological polar surface area (TPSA) is 23.8 Å². The van der Waals surface area contributed by atoms with Crippen molar-refractivity contribution in [3.8, 4) is 6.07 Å². The second-order valence-electron chi connectivity index (χ2n) is 2.24. The van der Waals surface area contributed by atoms with Crippen molar-refractivity contribution in [3.05, 3.63) is 35.5 Å². The van der Waals surface area contributed by atoms with Crippen LogP contribution in [0.1, 0.15) is 34.6 Å². The molecule has 13 heavy (non-hydrogen) atoms. The zero-order valence-corrected chi connectivity index (χ0v) is 9.26. The summed E-state index contributed by atoms with van der Waals surface area (Å²) >= 11 is 0. The molecule has 0 aromatic carbocycles. The highest BCUT2D eigenvalue weighted by atomic mass is 14.2. The minimum atomic E-state index is 0.709. The molecule has 0 amide bonds. The van der Waals surface area contributed by atoms with E-state index in [1.165, 1.54) is 0 Å². The molecule has 0 radical (unpaired) electrons. The number of hydrogen-bond donors (Lipinski definition) is 0. The third-order valence-corrected chi connectivity index (χ3v) is 1.25. The van der Waals surface area contributed by atoms with Gasteiger partial charge < -0.3 is 0 Å². The Morgan fingerprint density at radius 3 is 2.08 bits per heavy atom. The van der Waals surface area contributed by atoms with Crippen LogP contribution in [0.5, 0.6) is 0 Å². The molecule has 0 aliphatic rings. The summed E-state index contributed by atoms with van der Waals surface area (Å²) in [6.07, 6.45) is 7.59. The lowest BCUT2D eigenvalue weighted by atomic mass is 10.2. The van der Waals surface area contributed by atoms with Crippen molar-refractivity contribution < 1.29 is 0 Å². The molecule has 1 nitrogen and oxygen atoms in total. The van der Waals surface area contributed by atoms with Crippen LogP contribution in [0.4, 0.5) is 0 Å². The molecule has 72 valence electrons. The van der Waals surface area contributed by atoms with Gasteiger partial charge in [-0.15, -0.1) is 0 Å². The summed E-state index contributed by atoms with van der Waals surface area (Å²) in [5.74, 6) is 0. The summed E-state index contributed by atoms with van der Waals surface area (Å²) in [4.78, 5) is 0.